The monoisotopic (exact) mass is 708 g/mol. The zero-order chi connectivity index (χ0) is 35.9. The molecule has 7 rings (SSSR count). The molecule has 1 aromatic rings. The van der Waals surface area contributed by atoms with Crippen LogP contribution in [0.25, 0.3) is 0 Å². The molecule has 6 aliphatic rings. The van der Waals surface area contributed by atoms with Gasteiger partial charge in [-0.3, -0.25) is 0 Å². The summed E-state index contributed by atoms with van der Waals surface area (Å²) in [6.45, 7) is 21.7. The lowest BCUT2D eigenvalue weighted by molar-refractivity contribution is -0.235. The molecule has 6 nitrogen and oxygen atoms in total. The number of rotatable bonds is 7. The summed E-state index contributed by atoms with van der Waals surface area (Å²) in [5.41, 5.74) is 3.49. The van der Waals surface area contributed by atoms with Crippen LogP contribution in [-0.4, -0.2) is 69.6 Å². The number of hydrogen-bond acceptors (Lipinski definition) is 6. The molecule has 0 amide bonds. The van der Waals surface area contributed by atoms with E-state index in [0.717, 1.165) is 36.8 Å². The molecule has 0 spiro atoms. The molecule has 5 saturated carbocycles. The number of carbonyl (C=O) groups excluding carboxylic acids is 1. The summed E-state index contributed by atoms with van der Waals surface area (Å²) in [6, 6.07) is 8.34. The van der Waals surface area contributed by atoms with Gasteiger partial charge in [0.2, 0.25) is 0 Å². The molecule has 7 heteroatoms. The van der Waals surface area contributed by atoms with E-state index in [1.165, 1.54) is 76.9 Å². The van der Waals surface area contributed by atoms with E-state index in [2.05, 4.69) is 70.8 Å². The van der Waals surface area contributed by atoms with Crippen LogP contribution in [0, 0.1) is 57.2 Å². The van der Waals surface area contributed by atoms with Crippen LogP contribution in [0.1, 0.15) is 135 Å². The Kier molecular flexibility index (Phi) is 9.49. The number of methoxy groups -OCH3 is 1. The molecule has 1 heterocycles. The van der Waals surface area contributed by atoms with E-state index in [4.69, 9.17) is 4.74 Å². The largest absolute Gasteiger partial charge is 0.465 e. The van der Waals surface area contributed by atoms with Crippen LogP contribution in [-0.2, 0) is 14.6 Å². The van der Waals surface area contributed by atoms with Gasteiger partial charge in [-0.15, -0.1) is 0 Å². The van der Waals surface area contributed by atoms with Crippen molar-refractivity contribution >= 4 is 15.8 Å². The van der Waals surface area contributed by atoms with Crippen molar-refractivity contribution < 1.29 is 17.9 Å². The van der Waals surface area contributed by atoms with Crippen molar-refractivity contribution in [2.45, 2.75) is 124 Å². The van der Waals surface area contributed by atoms with Crippen LogP contribution in [0.4, 0.5) is 0 Å². The fourth-order valence-electron chi connectivity index (χ4n) is 14.7. The molecule has 5 aliphatic carbocycles. The van der Waals surface area contributed by atoms with Gasteiger partial charge >= 0.3 is 5.97 Å². The average molecular weight is 709 g/mol. The lowest BCUT2D eigenvalue weighted by atomic mass is 9.32. The third-order valence-electron chi connectivity index (χ3n) is 17.5. The second-order valence-electron chi connectivity index (χ2n) is 19.7. The Balaban J connectivity index is 1.12. The van der Waals surface area contributed by atoms with E-state index in [1.54, 1.807) is 0 Å². The fraction of sp³-hybridized carbons (Fsp3) is 0.837. The van der Waals surface area contributed by atoms with Gasteiger partial charge in [-0.2, -0.15) is 0 Å². The van der Waals surface area contributed by atoms with Crippen LogP contribution in [0.3, 0.4) is 0 Å². The SMILES string of the molecule is COC(=O)c1ccc([C@H]2CC[C@@]3(C)C(CC[C@]4(C)C3CC[C@@H]3C5[C@H](C(C)C)CC[C@]5(NCCN5CCS(=O)(=O)CC5)CC[C@]34C)C2(C)C)cc1. The van der Waals surface area contributed by atoms with Gasteiger partial charge in [-0.25, -0.2) is 13.2 Å². The molecule has 0 aromatic heterocycles. The second-order valence-corrected chi connectivity index (χ2v) is 22.0. The lowest BCUT2D eigenvalue weighted by Gasteiger charge is -2.73. The van der Waals surface area contributed by atoms with E-state index in [0.29, 0.717) is 64.2 Å². The molecule has 6 fully saturated rings. The number of hydrogen-bond donors (Lipinski definition) is 1. The highest BCUT2D eigenvalue weighted by atomic mass is 32.2. The van der Waals surface area contributed by atoms with Crippen molar-refractivity contribution in [1.29, 1.82) is 0 Å². The molecule has 1 aromatic carbocycles. The van der Waals surface area contributed by atoms with E-state index >= 15 is 0 Å². The summed E-state index contributed by atoms with van der Waals surface area (Å²) in [5.74, 6) is 5.30. The summed E-state index contributed by atoms with van der Waals surface area (Å²) < 4.78 is 29.1. The molecule has 50 heavy (non-hydrogen) atoms. The van der Waals surface area contributed by atoms with Crippen LogP contribution >= 0.6 is 0 Å². The summed E-state index contributed by atoms with van der Waals surface area (Å²) in [4.78, 5) is 14.5. The molecular weight excluding hydrogens is 641 g/mol. The molecule has 0 radical (unpaired) electrons. The zero-order valence-corrected chi connectivity index (χ0v) is 33.5. The first-order chi connectivity index (χ1) is 23.5. The standard InChI is InChI=1S/C43H68N2O4S/c1-29(2)32-15-20-43(44-23-24-45-25-27-50(47,48)28-26-45)22-21-41(6)34(37(32)43)13-14-36-40(5)18-16-33(30-9-11-31(12-10-30)38(46)49-8)39(3,4)35(40)17-19-42(36,41)7/h9-12,29,32-37,44H,13-28H2,1-8H3/t32-,33+,34+,35?,36?,37?,40-,41+,42+,43-/m0/s1. The number of nitrogens with one attached hydrogen (secondary N) is 1. The van der Waals surface area contributed by atoms with E-state index in [9.17, 15) is 13.2 Å². The number of sulfone groups is 1. The Hall–Kier alpha value is -1.44. The van der Waals surface area contributed by atoms with Crippen molar-refractivity contribution in [3.05, 3.63) is 35.4 Å². The summed E-state index contributed by atoms with van der Waals surface area (Å²) >= 11 is 0. The first-order valence-corrected chi connectivity index (χ1v) is 22.2. The number of carbonyl (C=O) groups is 1. The maximum atomic E-state index is 12.2. The highest BCUT2D eigenvalue weighted by Crippen LogP contribution is 2.77. The Morgan fingerprint density at radius 3 is 2.22 bits per heavy atom. The maximum Gasteiger partial charge on any atom is 0.337 e. The van der Waals surface area contributed by atoms with Crippen molar-refractivity contribution in [2.24, 2.45) is 57.2 Å². The smallest absolute Gasteiger partial charge is 0.337 e. The van der Waals surface area contributed by atoms with Crippen LogP contribution in [0.2, 0.25) is 0 Å². The van der Waals surface area contributed by atoms with E-state index < -0.39 is 9.84 Å². The van der Waals surface area contributed by atoms with Crippen LogP contribution in [0.15, 0.2) is 24.3 Å². The van der Waals surface area contributed by atoms with Crippen LogP contribution < -0.4 is 5.32 Å². The molecule has 0 bridgehead atoms. The predicted octanol–water partition coefficient (Wildman–Crippen LogP) is 8.37. The molecule has 280 valence electrons. The number of benzene rings is 1. The second kappa shape index (κ2) is 12.9. The minimum atomic E-state index is -2.84. The molecule has 1 aliphatic heterocycles. The van der Waals surface area contributed by atoms with Gasteiger partial charge in [0, 0.05) is 31.7 Å². The minimum Gasteiger partial charge on any atom is -0.465 e. The Morgan fingerprint density at radius 1 is 0.860 bits per heavy atom. The van der Waals surface area contributed by atoms with Crippen LogP contribution in [0.5, 0.6) is 0 Å². The topological polar surface area (TPSA) is 75.7 Å². The fourth-order valence-corrected chi connectivity index (χ4v) is 16.0. The molecule has 1 N–H and O–H groups in total. The Labute approximate surface area is 304 Å². The van der Waals surface area contributed by atoms with Gasteiger partial charge < -0.3 is 15.0 Å². The number of esters is 1. The third kappa shape index (κ3) is 5.67. The van der Waals surface area contributed by atoms with E-state index in [1.807, 2.05) is 12.1 Å². The van der Waals surface area contributed by atoms with Crippen molar-refractivity contribution in [3.63, 3.8) is 0 Å². The molecule has 3 unspecified atom stereocenters. The summed E-state index contributed by atoms with van der Waals surface area (Å²) in [7, 11) is -1.39. The first-order valence-electron chi connectivity index (χ1n) is 20.4. The number of ether oxygens (including phenoxy) is 1. The van der Waals surface area contributed by atoms with Gasteiger partial charge in [-0.05, 0) is 145 Å². The maximum absolute atomic E-state index is 12.2. The van der Waals surface area contributed by atoms with Crippen molar-refractivity contribution in [3.8, 4) is 0 Å². The Morgan fingerprint density at radius 2 is 1.56 bits per heavy atom. The van der Waals surface area contributed by atoms with Gasteiger partial charge in [0.05, 0.1) is 24.2 Å². The molecular formula is C43H68N2O4S. The van der Waals surface area contributed by atoms with Gasteiger partial charge in [0.1, 0.15) is 0 Å². The highest BCUT2D eigenvalue weighted by molar-refractivity contribution is 7.91. The quantitative estimate of drug-likeness (QED) is 0.287. The molecule has 10 atom stereocenters. The average Bonchev–Trinajstić information content (AvgIpc) is 3.45. The number of nitrogens with zero attached hydrogens (tertiary/aromatic N) is 1. The van der Waals surface area contributed by atoms with Gasteiger partial charge in [0.25, 0.3) is 0 Å². The normalized spacial score (nSPS) is 43.7. The van der Waals surface area contributed by atoms with Gasteiger partial charge in [-0.1, -0.05) is 60.6 Å². The summed E-state index contributed by atoms with van der Waals surface area (Å²) in [6.07, 6.45) is 13.2. The molecule has 1 saturated heterocycles. The highest BCUT2D eigenvalue weighted by Gasteiger charge is 2.71. The zero-order valence-electron chi connectivity index (χ0n) is 32.7. The van der Waals surface area contributed by atoms with Crippen molar-refractivity contribution in [1.82, 2.24) is 10.2 Å². The third-order valence-corrected chi connectivity index (χ3v) is 19.1. The van der Waals surface area contributed by atoms with E-state index in [-0.39, 0.29) is 16.9 Å². The minimum absolute atomic E-state index is 0.192. The van der Waals surface area contributed by atoms with Gasteiger partial charge in [0.15, 0.2) is 9.84 Å². The number of fused-ring (bicyclic) bond motifs is 7. The first kappa shape index (κ1) is 36.9. The Bertz CT molecular complexity index is 1530. The lowest BCUT2D eigenvalue weighted by Crippen LogP contribution is -2.68. The summed E-state index contributed by atoms with van der Waals surface area (Å²) in [5, 5.41) is 4.26. The van der Waals surface area contributed by atoms with Crippen molar-refractivity contribution in [2.75, 3.05) is 44.8 Å². The predicted molar refractivity (Wildman–Crippen MR) is 203 cm³/mol.